The summed E-state index contributed by atoms with van der Waals surface area (Å²) >= 11 is 12.3. The number of rotatable bonds is 4. The van der Waals surface area contributed by atoms with E-state index in [0.717, 1.165) is 55.9 Å². The standard InChI is InChI=1S/C21H30Cl2N2O/c22-18-9-8-17(20(23)14-18)15-25-12-10-16(11-13-25)21(26)24-19-6-4-2-1-3-5-7-19/h8-9,14,16,19H,1-7,10-13,15H2,(H,24,26). The van der Waals surface area contributed by atoms with Crippen molar-refractivity contribution in [1.82, 2.24) is 10.2 Å². The Bertz CT molecular complexity index is 592. The highest BCUT2D eigenvalue weighted by Crippen LogP contribution is 2.25. The molecule has 3 nitrogen and oxygen atoms in total. The fourth-order valence-electron chi connectivity index (χ4n) is 4.16. The molecule has 1 heterocycles. The summed E-state index contributed by atoms with van der Waals surface area (Å²) in [5.41, 5.74) is 1.11. The summed E-state index contributed by atoms with van der Waals surface area (Å²) in [5.74, 6) is 0.442. The maximum Gasteiger partial charge on any atom is 0.223 e. The predicted octanol–water partition coefficient (Wildman–Crippen LogP) is 5.43. The normalized spacial score (nSPS) is 21.2. The molecule has 1 aromatic rings. The van der Waals surface area contributed by atoms with Crippen LogP contribution in [0.5, 0.6) is 0 Å². The number of nitrogens with one attached hydrogen (secondary N) is 1. The van der Waals surface area contributed by atoms with E-state index in [0.29, 0.717) is 11.1 Å². The third-order valence-corrected chi connectivity index (χ3v) is 6.41. The highest BCUT2D eigenvalue weighted by Gasteiger charge is 2.26. The molecule has 144 valence electrons. The number of carbonyl (C=O) groups is 1. The van der Waals surface area contributed by atoms with Gasteiger partial charge in [0, 0.05) is 28.5 Å². The van der Waals surface area contributed by atoms with Crippen LogP contribution in [0.4, 0.5) is 0 Å². The topological polar surface area (TPSA) is 32.3 Å². The summed E-state index contributed by atoms with van der Waals surface area (Å²) in [5, 5.41) is 4.74. The number of hydrogen-bond donors (Lipinski definition) is 1. The fourth-order valence-corrected chi connectivity index (χ4v) is 4.63. The summed E-state index contributed by atoms with van der Waals surface area (Å²) < 4.78 is 0. The number of amides is 1. The molecule has 0 bridgehead atoms. The Morgan fingerprint density at radius 1 is 1.00 bits per heavy atom. The third-order valence-electron chi connectivity index (χ3n) is 5.82. The average molecular weight is 397 g/mol. The van der Waals surface area contributed by atoms with Gasteiger partial charge >= 0.3 is 0 Å². The van der Waals surface area contributed by atoms with Gasteiger partial charge in [-0.15, -0.1) is 0 Å². The predicted molar refractivity (Wildman–Crippen MR) is 109 cm³/mol. The second-order valence-electron chi connectivity index (χ2n) is 7.84. The van der Waals surface area contributed by atoms with E-state index in [9.17, 15) is 4.79 Å². The molecule has 2 fully saturated rings. The van der Waals surface area contributed by atoms with E-state index >= 15 is 0 Å². The Balaban J connectivity index is 1.44. The Morgan fingerprint density at radius 2 is 1.65 bits per heavy atom. The minimum Gasteiger partial charge on any atom is -0.353 e. The van der Waals surface area contributed by atoms with Gasteiger partial charge in [0.05, 0.1) is 0 Å². The van der Waals surface area contributed by atoms with Crippen LogP contribution >= 0.6 is 23.2 Å². The largest absolute Gasteiger partial charge is 0.353 e. The van der Waals surface area contributed by atoms with Crippen LogP contribution in [-0.4, -0.2) is 29.9 Å². The Labute approximate surface area is 167 Å². The van der Waals surface area contributed by atoms with Crippen LogP contribution in [0, 0.1) is 5.92 Å². The van der Waals surface area contributed by atoms with Gasteiger partial charge in [-0.2, -0.15) is 0 Å². The van der Waals surface area contributed by atoms with Crippen LogP contribution in [0.2, 0.25) is 10.0 Å². The minimum absolute atomic E-state index is 0.164. The zero-order valence-electron chi connectivity index (χ0n) is 15.5. The first-order valence-electron chi connectivity index (χ1n) is 10.1. The van der Waals surface area contributed by atoms with Crippen molar-refractivity contribution < 1.29 is 4.79 Å². The van der Waals surface area contributed by atoms with Gasteiger partial charge in [-0.3, -0.25) is 9.69 Å². The van der Waals surface area contributed by atoms with Crippen LogP contribution < -0.4 is 5.32 Å². The molecular weight excluding hydrogens is 367 g/mol. The first-order valence-corrected chi connectivity index (χ1v) is 10.8. The molecule has 5 heteroatoms. The van der Waals surface area contributed by atoms with Crippen LogP contribution in [-0.2, 0) is 11.3 Å². The fraction of sp³-hybridized carbons (Fsp3) is 0.667. The number of benzene rings is 1. The van der Waals surface area contributed by atoms with Gasteiger partial charge in [0.2, 0.25) is 5.91 Å². The molecule has 0 aromatic heterocycles. The molecule has 1 aliphatic carbocycles. The van der Waals surface area contributed by atoms with Crippen LogP contribution in [0.15, 0.2) is 18.2 Å². The SMILES string of the molecule is O=C(NC1CCCCCCC1)C1CCN(Cc2ccc(Cl)cc2Cl)CC1. The van der Waals surface area contributed by atoms with Crippen LogP contribution in [0.25, 0.3) is 0 Å². The Kier molecular flexibility index (Phi) is 7.65. The minimum atomic E-state index is 0.164. The van der Waals surface area contributed by atoms with E-state index in [4.69, 9.17) is 23.2 Å². The van der Waals surface area contributed by atoms with Crippen molar-refractivity contribution in [3.05, 3.63) is 33.8 Å². The van der Waals surface area contributed by atoms with Gasteiger partial charge in [0.1, 0.15) is 0 Å². The molecule has 1 aromatic carbocycles. The monoisotopic (exact) mass is 396 g/mol. The lowest BCUT2D eigenvalue weighted by molar-refractivity contribution is -0.127. The average Bonchev–Trinajstić information content (AvgIpc) is 2.60. The van der Waals surface area contributed by atoms with Crippen LogP contribution in [0.1, 0.15) is 63.4 Å². The maximum absolute atomic E-state index is 12.7. The molecule has 0 radical (unpaired) electrons. The highest BCUT2D eigenvalue weighted by molar-refractivity contribution is 6.35. The molecule has 2 aliphatic rings. The summed E-state index contributed by atoms with van der Waals surface area (Å²) in [6.07, 6.45) is 10.7. The molecule has 0 atom stereocenters. The molecule has 1 saturated heterocycles. The maximum atomic E-state index is 12.7. The van der Waals surface area contributed by atoms with Gasteiger partial charge in [-0.05, 0) is 56.5 Å². The van der Waals surface area contributed by atoms with Gasteiger partial charge in [-0.25, -0.2) is 0 Å². The van der Waals surface area contributed by atoms with E-state index in [2.05, 4.69) is 10.2 Å². The van der Waals surface area contributed by atoms with E-state index in [1.54, 1.807) is 6.07 Å². The molecule has 1 N–H and O–H groups in total. The molecule has 26 heavy (non-hydrogen) atoms. The smallest absolute Gasteiger partial charge is 0.223 e. The van der Waals surface area contributed by atoms with Gasteiger partial charge in [0.15, 0.2) is 0 Å². The highest BCUT2D eigenvalue weighted by atomic mass is 35.5. The number of carbonyl (C=O) groups excluding carboxylic acids is 1. The molecule has 3 rings (SSSR count). The molecule has 1 saturated carbocycles. The lowest BCUT2D eigenvalue weighted by atomic mass is 9.93. The molecule has 1 amide bonds. The zero-order valence-corrected chi connectivity index (χ0v) is 17.0. The lowest BCUT2D eigenvalue weighted by Crippen LogP contribution is -2.43. The summed E-state index contributed by atoms with van der Waals surface area (Å²) in [6, 6.07) is 6.08. The van der Waals surface area contributed by atoms with Crippen LogP contribution in [0.3, 0.4) is 0 Å². The molecule has 1 aliphatic heterocycles. The first kappa shape index (κ1) is 20.0. The van der Waals surface area contributed by atoms with Crippen molar-refractivity contribution in [2.45, 2.75) is 70.4 Å². The number of halogens is 2. The molecule has 0 unspecified atom stereocenters. The van der Waals surface area contributed by atoms with Crippen molar-refractivity contribution in [2.75, 3.05) is 13.1 Å². The molecule has 0 spiro atoms. The van der Waals surface area contributed by atoms with E-state index in [1.807, 2.05) is 12.1 Å². The summed E-state index contributed by atoms with van der Waals surface area (Å²) in [7, 11) is 0. The lowest BCUT2D eigenvalue weighted by Gasteiger charge is -2.32. The second-order valence-corrected chi connectivity index (χ2v) is 8.68. The van der Waals surface area contributed by atoms with E-state index < -0.39 is 0 Å². The first-order chi connectivity index (χ1) is 12.6. The third kappa shape index (κ3) is 5.87. The van der Waals surface area contributed by atoms with Gasteiger partial charge < -0.3 is 5.32 Å². The van der Waals surface area contributed by atoms with Crippen molar-refractivity contribution >= 4 is 29.1 Å². The number of nitrogens with zero attached hydrogens (tertiary/aromatic N) is 1. The number of piperidine rings is 1. The number of likely N-dealkylation sites (tertiary alicyclic amines) is 1. The van der Waals surface area contributed by atoms with E-state index in [1.165, 1.54) is 32.1 Å². The van der Waals surface area contributed by atoms with Gasteiger partial charge in [-0.1, -0.05) is 61.4 Å². The zero-order chi connectivity index (χ0) is 18.4. The van der Waals surface area contributed by atoms with Crippen molar-refractivity contribution in [3.8, 4) is 0 Å². The van der Waals surface area contributed by atoms with Crippen molar-refractivity contribution in [3.63, 3.8) is 0 Å². The number of hydrogen-bond acceptors (Lipinski definition) is 2. The second kappa shape index (κ2) is 9.96. The van der Waals surface area contributed by atoms with Crippen molar-refractivity contribution in [2.24, 2.45) is 5.92 Å². The van der Waals surface area contributed by atoms with Gasteiger partial charge in [0.25, 0.3) is 0 Å². The molecular formula is C21H30Cl2N2O. The van der Waals surface area contributed by atoms with E-state index in [-0.39, 0.29) is 11.8 Å². The summed E-state index contributed by atoms with van der Waals surface area (Å²) in [6.45, 7) is 2.72. The van der Waals surface area contributed by atoms with Crippen molar-refractivity contribution in [1.29, 1.82) is 0 Å². The quantitative estimate of drug-likeness (QED) is 0.734. The Hall–Kier alpha value is -0.770. The Morgan fingerprint density at radius 3 is 2.31 bits per heavy atom. The summed E-state index contributed by atoms with van der Waals surface area (Å²) in [4.78, 5) is 15.0.